The van der Waals surface area contributed by atoms with Crippen LogP contribution < -0.4 is 5.32 Å². The Labute approximate surface area is 112 Å². The predicted octanol–water partition coefficient (Wildman–Crippen LogP) is 3.58. The Morgan fingerprint density at radius 1 is 1.22 bits per heavy atom. The third-order valence-corrected chi connectivity index (χ3v) is 3.91. The lowest BCUT2D eigenvalue weighted by atomic mass is 9.88. The Bertz CT molecular complexity index is 334. The quantitative estimate of drug-likeness (QED) is 0.797. The number of hydrogen-bond donors (Lipinski definition) is 1. The number of methoxy groups -OCH3 is 1. The Balaban J connectivity index is 2.61. The zero-order chi connectivity index (χ0) is 13.6. The SMILES string of the molecule is CNC(CCC(C)(C)OC)C(C)c1ccccc1. The van der Waals surface area contributed by atoms with Crippen molar-refractivity contribution in [3.8, 4) is 0 Å². The normalized spacial score (nSPS) is 15.4. The summed E-state index contributed by atoms with van der Waals surface area (Å²) in [4.78, 5) is 0. The van der Waals surface area contributed by atoms with Crippen molar-refractivity contribution in [2.75, 3.05) is 14.2 Å². The van der Waals surface area contributed by atoms with E-state index < -0.39 is 0 Å². The van der Waals surface area contributed by atoms with Gasteiger partial charge in [0.1, 0.15) is 0 Å². The first-order valence-corrected chi connectivity index (χ1v) is 6.77. The van der Waals surface area contributed by atoms with Gasteiger partial charge in [-0.3, -0.25) is 0 Å². The predicted molar refractivity (Wildman–Crippen MR) is 78.0 cm³/mol. The average molecular weight is 249 g/mol. The molecule has 0 fully saturated rings. The fraction of sp³-hybridized carbons (Fsp3) is 0.625. The minimum atomic E-state index is -0.0362. The van der Waals surface area contributed by atoms with E-state index in [0.717, 1.165) is 12.8 Å². The van der Waals surface area contributed by atoms with Crippen molar-refractivity contribution in [3.05, 3.63) is 35.9 Å². The monoisotopic (exact) mass is 249 g/mol. The highest BCUT2D eigenvalue weighted by atomic mass is 16.5. The molecule has 1 aromatic rings. The van der Waals surface area contributed by atoms with Crippen molar-refractivity contribution in [2.45, 2.75) is 51.2 Å². The molecule has 2 nitrogen and oxygen atoms in total. The van der Waals surface area contributed by atoms with Gasteiger partial charge >= 0.3 is 0 Å². The summed E-state index contributed by atoms with van der Waals surface area (Å²) in [5, 5.41) is 3.44. The van der Waals surface area contributed by atoms with Crippen molar-refractivity contribution in [2.24, 2.45) is 0 Å². The first-order chi connectivity index (χ1) is 8.50. The van der Waals surface area contributed by atoms with Gasteiger partial charge < -0.3 is 10.1 Å². The molecule has 102 valence electrons. The lowest BCUT2D eigenvalue weighted by molar-refractivity contribution is 0.0114. The minimum absolute atomic E-state index is 0.0362. The lowest BCUT2D eigenvalue weighted by Crippen LogP contribution is -2.34. The molecule has 1 aromatic carbocycles. The number of rotatable bonds is 7. The molecule has 0 radical (unpaired) electrons. The third-order valence-electron chi connectivity index (χ3n) is 3.91. The molecule has 0 aliphatic heterocycles. The molecule has 0 bridgehead atoms. The Morgan fingerprint density at radius 2 is 1.83 bits per heavy atom. The first kappa shape index (κ1) is 15.2. The van der Waals surface area contributed by atoms with Gasteiger partial charge in [-0.05, 0) is 45.2 Å². The highest BCUT2D eigenvalue weighted by molar-refractivity contribution is 5.20. The summed E-state index contributed by atoms with van der Waals surface area (Å²) in [6.07, 6.45) is 2.18. The molecular formula is C16H27NO. The largest absolute Gasteiger partial charge is 0.379 e. The van der Waals surface area contributed by atoms with Crippen LogP contribution in [-0.2, 0) is 4.74 Å². The van der Waals surface area contributed by atoms with Crippen molar-refractivity contribution < 1.29 is 4.74 Å². The van der Waals surface area contributed by atoms with Crippen LogP contribution in [0.4, 0.5) is 0 Å². The average Bonchev–Trinajstić information content (AvgIpc) is 2.40. The number of ether oxygens (including phenoxy) is 1. The maximum Gasteiger partial charge on any atom is 0.0623 e. The number of hydrogen-bond acceptors (Lipinski definition) is 2. The van der Waals surface area contributed by atoms with Crippen LogP contribution in [0.15, 0.2) is 30.3 Å². The molecule has 1 N–H and O–H groups in total. The minimum Gasteiger partial charge on any atom is -0.379 e. The molecule has 0 aliphatic carbocycles. The second-order valence-electron chi connectivity index (χ2n) is 5.60. The lowest BCUT2D eigenvalue weighted by Gasteiger charge is -2.29. The van der Waals surface area contributed by atoms with Gasteiger partial charge in [-0.2, -0.15) is 0 Å². The van der Waals surface area contributed by atoms with Crippen LogP contribution >= 0.6 is 0 Å². The maximum atomic E-state index is 5.49. The van der Waals surface area contributed by atoms with Crippen LogP contribution in [0, 0.1) is 0 Å². The Kier molecular flexibility index (Phi) is 5.83. The van der Waals surface area contributed by atoms with Gasteiger partial charge in [0, 0.05) is 13.2 Å². The van der Waals surface area contributed by atoms with E-state index in [4.69, 9.17) is 4.74 Å². The van der Waals surface area contributed by atoms with E-state index in [-0.39, 0.29) is 5.60 Å². The molecule has 2 heteroatoms. The second-order valence-corrected chi connectivity index (χ2v) is 5.60. The molecule has 18 heavy (non-hydrogen) atoms. The van der Waals surface area contributed by atoms with Crippen LogP contribution in [-0.4, -0.2) is 25.8 Å². The number of benzene rings is 1. The first-order valence-electron chi connectivity index (χ1n) is 6.77. The summed E-state index contributed by atoms with van der Waals surface area (Å²) in [5.74, 6) is 0.517. The van der Waals surface area contributed by atoms with Crippen molar-refractivity contribution in [3.63, 3.8) is 0 Å². The van der Waals surface area contributed by atoms with E-state index in [2.05, 4.69) is 56.4 Å². The summed E-state index contributed by atoms with van der Waals surface area (Å²) in [5.41, 5.74) is 1.36. The van der Waals surface area contributed by atoms with Crippen LogP contribution in [0.3, 0.4) is 0 Å². The Hall–Kier alpha value is -0.860. The van der Waals surface area contributed by atoms with Gasteiger partial charge in [-0.25, -0.2) is 0 Å². The summed E-state index contributed by atoms with van der Waals surface area (Å²) in [6.45, 7) is 6.58. The molecule has 2 unspecified atom stereocenters. The zero-order valence-corrected chi connectivity index (χ0v) is 12.4. The van der Waals surface area contributed by atoms with E-state index >= 15 is 0 Å². The Morgan fingerprint density at radius 3 is 2.33 bits per heavy atom. The smallest absolute Gasteiger partial charge is 0.0623 e. The summed E-state index contributed by atoms with van der Waals surface area (Å²) in [6, 6.07) is 11.2. The van der Waals surface area contributed by atoms with E-state index in [9.17, 15) is 0 Å². The standard InChI is InChI=1S/C16H27NO/c1-13(14-9-7-6-8-10-14)15(17-4)11-12-16(2,3)18-5/h6-10,13,15,17H,11-12H2,1-5H3. The summed E-state index contributed by atoms with van der Waals surface area (Å²) >= 11 is 0. The topological polar surface area (TPSA) is 21.3 Å². The van der Waals surface area contributed by atoms with Crippen LogP contribution in [0.1, 0.15) is 45.1 Å². The van der Waals surface area contributed by atoms with Gasteiger partial charge in [0.2, 0.25) is 0 Å². The molecule has 0 saturated carbocycles. The fourth-order valence-electron chi connectivity index (χ4n) is 2.24. The molecule has 0 heterocycles. The molecule has 1 rings (SSSR count). The molecule has 0 aromatic heterocycles. The van der Waals surface area contributed by atoms with Gasteiger partial charge in [-0.15, -0.1) is 0 Å². The number of nitrogens with one attached hydrogen (secondary N) is 1. The van der Waals surface area contributed by atoms with Crippen molar-refractivity contribution in [1.29, 1.82) is 0 Å². The third kappa shape index (κ3) is 4.43. The molecular weight excluding hydrogens is 222 g/mol. The molecule has 2 atom stereocenters. The molecule has 0 saturated heterocycles. The molecule has 0 amide bonds. The maximum absolute atomic E-state index is 5.49. The second kappa shape index (κ2) is 6.91. The van der Waals surface area contributed by atoms with E-state index in [1.807, 2.05) is 7.05 Å². The van der Waals surface area contributed by atoms with Crippen molar-refractivity contribution >= 4 is 0 Å². The fourth-order valence-corrected chi connectivity index (χ4v) is 2.24. The van der Waals surface area contributed by atoms with Gasteiger partial charge in [-0.1, -0.05) is 37.3 Å². The van der Waals surface area contributed by atoms with Crippen molar-refractivity contribution in [1.82, 2.24) is 5.32 Å². The van der Waals surface area contributed by atoms with Crippen LogP contribution in [0.5, 0.6) is 0 Å². The van der Waals surface area contributed by atoms with Gasteiger partial charge in [0.25, 0.3) is 0 Å². The van der Waals surface area contributed by atoms with E-state index in [0.29, 0.717) is 12.0 Å². The number of likely N-dealkylation sites (N-methyl/N-ethyl adjacent to an activating group) is 1. The summed E-state index contributed by atoms with van der Waals surface area (Å²) in [7, 11) is 3.83. The van der Waals surface area contributed by atoms with Gasteiger partial charge in [0.05, 0.1) is 5.60 Å². The molecule has 0 spiro atoms. The highest BCUT2D eigenvalue weighted by Gasteiger charge is 2.22. The van der Waals surface area contributed by atoms with Crippen LogP contribution in [0.25, 0.3) is 0 Å². The highest BCUT2D eigenvalue weighted by Crippen LogP contribution is 2.25. The van der Waals surface area contributed by atoms with E-state index in [1.165, 1.54) is 5.56 Å². The van der Waals surface area contributed by atoms with Crippen LogP contribution in [0.2, 0.25) is 0 Å². The summed E-state index contributed by atoms with van der Waals surface area (Å²) < 4.78 is 5.49. The zero-order valence-electron chi connectivity index (χ0n) is 12.4. The van der Waals surface area contributed by atoms with Gasteiger partial charge in [0.15, 0.2) is 0 Å². The van der Waals surface area contributed by atoms with E-state index in [1.54, 1.807) is 7.11 Å². The molecule has 0 aliphatic rings.